The first kappa shape index (κ1) is 10.7. The monoisotopic (exact) mass is 237 g/mol. The molecular formula is C10H11N3O2S. The summed E-state index contributed by atoms with van der Waals surface area (Å²) in [5, 5.41) is 0.474. The van der Waals surface area contributed by atoms with Crippen molar-refractivity contribution >= 4 is 17.2 Å². The Hall–Kier alpha value is -1.82. The Balaban J connectivity index is 2.29. The van der Waals surface area contributed by atoms with Crippen LogP contribution >= 0.6 is 11.5 Å². The van der Waals surface area contributed by atoms with Crippen LogP contribution in [0.25, 0.3) is 0 Å². The first-order chi connectivity index (χ1) is 7.69. The van der Waals surface area contributed by atoms with Crippen molar-refractivity contribution in [2.24, 2.45) is 0 Å². The Kier molecular flexibility index (Phi) is 2.91. The van der Waals surface area contributed by atoms with Crippen LogP contribution in [0.1, 0.15) is 5.82 Å². The van der Waals surface area contributed by atoms with Crippen molar-refractivity contribution in [1.29, 1.82) is 0 Å². The van der Waals surface area contributed by atoms with E-state index in [1.54, 1.807) is 32.2 Å². The number of nitrogen functional groups attached to an aromatic ring is 1. The summed E-state index contributed by atoms with van der Waals surface area (Å²) in [5.74, 6) is 1.84. The predicted molar refractivity (Wildman–Crippen MR) is 62.1 cm³/mol. The number of anilines is 1. The van der Waals surface area contributed by atoms with Gasteiger partial charge in [-0.15, -0.1) is 0 Å². The molecule has 0 radical (unpaired) electrons. The van der Waals surface area contributed by atoms with Crippen LogP contribution in [0.4, 0.5) is 5.69 Å². The summed E-state index contributed by atoms with van der Waals surface area (Å²) in [6, 6.07) is 5.19. The number of ether oxygens (including phenoxy) is 2. The van der Waals surface area contributed by atoms with Gasteiger partial charge in [-0.3, -0.25) is 0 Å². The standard InChI is InChI=1S/C10H11N3O2S/c1-6-12-10(16-13-6)15-9-5-7(11)3-4-8(9)14-2/h3-5H,11H2,1-2H3. The molecular weight excluding hydrogens is 226 g/mol. The minimum absolute atomic E-state index is 0.474. The summed E-state index contributed by atoms with van der Waals surface area (Å²) < 4.78 is 14.7. The fraction of sp³-hybridized carbons (Fsp3) is 0.200. The van der Waals surface area contributed by atoms with Gasteiger partial charge in [0.15, 0.2) is 11.5 Å². The number of hydrogen-bond acceptors (Lipinski definition) is 6. The molecule has 1 aromatic carbocycles. The number of rotatable bonds is 3. The van der Waals surface area contributed by atoms with Crippen LogP contribution in [0.5, 0.6) is 16.7 Å². The van der Waals surface area contributed by atoms with Gasteiger partial charge in [-0.2, -0.15) is 9.36 Å². The highest BCUT2D eigenvalue weighted by molar-refractivity contribution is 7.07. The van der Waals surface area contributed by atoms with Crippen molar-refractivity contribution in [1.82, 2.24) is 9.36 Å². The first-order valence-corrected chi connectivity index (χ1v) is 5.38. The summed E-state index contributed by atoms with van der Waals surface area (Å²) in [4.78, 5) is 4.10. The first-order valence-electron chi connectivity index (χ1n) is 4.60. The molecule has 1 heterocycles. The van der Waals surface area contributed by atoms with Crippen LogP contribution in [0.2, 0.25) is 0 Å². The van der Waals surface area contributed by atoms with Crippen molar-refractivity contribution < 1.29 is 9.47 Å². The molecule has 2 N–H and O–H groups in total. The van der Waals surface area contributed by atoms with Gasteiger partial charge in [0.1, 0.15) is 5.82 Å². The molecule has 16 heavy (non-hydrogen) atoms. The minimum Gasteiger partial charge on any atom is -0.493 e. The van der Waals surface area contributed by atoms with E-state index in [1.807, 2.05) is 0 Å². The zero-order valence-corrected chi connectivity index (χ0v) is 9.75. The number of aromatic nitrogens is 2. The summed E-state index contributed by atoms with van der Waals surface area (Å²) in [7, 11) is 1.57. The zero-order chi connectivity index (χ0) is 11.5. The number of benzene rings is 1. The molecule has 0 aliphatic heterocycles. The molecule has 5 nitrogen and oxygen atoms in total. The molecule has 84 valence electrons. The van der Waals surface area contributed by atoms with E-state index in [2.05, 4.69) is 9.36 Å². The van der Waals surface area contributed by atoms with Crippen LogP contribution < -0.4 is 15.2 Å². The molecule has 0 saturated heterocycles. The third kappa shape index (κ3) is 2.22. The number of nitrogens with two attached hydrogens (primary N) is 1. The second-order valence-electron chi connectivity index (χ2n) is 3.12. The Morgan fingerprint density at radius 2 is 2.12 bits per heavy atom. The topological polar surface area (TPSA) is 70.3 Å². The molecule has 2 rings (SSSR count). The third-order valence-electron chi connectivity index (χ3n) is 1.89. The van der Waals surface area contributed by atoms with Gasteiger partial charge in [0, 0.05) is 23.3 Å². The van der Waals surface area contributed by atoms with E-state index in [9.17, 15) is 0 Å². The number of hydrogen-bond donors (Lipinski definition) is 1. The molecule has 0 fully saturated rings. The van der Waals surface area contributed by atoms with Crippen molar-refractivity contribution in [2.75, 3.05) is 12.8 Å². The van der Waals surface area contributed by atoms with Crippen LogP contribution in [0.3, 0.4) is 0 Å². The smallest absolute Gasteiger partial charge is 0.298 e. The van der Waals surface area contributed by atoms with Crippen LogP contribution in [-0.2, 0) is 0 Å². The summed E-state index contributed by atoms with van der Waals surface area (Å²) >= 11 is 1.19. The van der Waals surface area contributed by atoms with E-state index in [-0.39, 0.29) is 0 Å². The van der Waals surface area contributed by atoms with Crippen molar-refractivity contribution in [3.63, 3.8) is 0 Å². The molecule has 6 heteroatoms. The van der Waals surface area contributed by atoms with Gasteiger partial charge in [0.05, 0.1) is 7.11 Å². The summed E-state index contributed by atoms with van der Waals surface area (Å²) in [6.45, 7) is 1.81. The molecule has 0 aliphatic rings. The summed E-state index contributed by atoms with van der Waals surface area (Å²) in [5.41, 5.74) is 6.28. The van der Waals surface area contributed by atoms with E-state index < -0.39 is 0 Å². The molecule has 0 spiro atoms. The lowest BCUT2D eigenvalue weighted by molar-refractivity contribution is 0.378. The quantitative estimate of drug-likeness (QED) is 0.829. The largest absolute Gasteiger partial charge is 0.493 e. The fourth-order valence-electron chi connectivity index (χ4n) is 1.19. The summed E-state index contributed by atoms with van der Waals surface area (Å²) in [6.07, 6.45) is 0. The van der Waals surface area contributed by atoms with Gasteiger partial charge in [-0.25, -0.2) is 0 Å². The van der Waals surface area contributed by atoms with E-state index >= 15 is 0 Å². The highest BCUT2D eigenvalue weighted by atomic mass is 32.1. The van der Waals surface area contributed by atoms with E-state index in [0.29, 0.717) is 28.2 Å². The lowest BCUT2D eigenvalue weighted by atomic mass is 10.3. The SMILES string of the molecule is COc1ccc(N)cc1Oc1nc(C)ns1. The maximum atomic E-state index is 5.67. The van der Waals surface area contributed by atoms with Crippen molar-refractivity contribution in [3.05, 3.63) is 24.0 Å². The average Bonchev–Trinajstić information content (AvgIpc) is 2.64. The third-order valence-corrected chi connectivity index (χ3v) is 2.58. The fourth-order valence-corrected chi connectivity index (χ4v) is 1.74. The molecule has 0 atom stereocenters. The van der Waals surface area contributed by atoms with E-state index in [4.69, 9.17) is 15.2 Å². The molecule has 0 aliphatic carbocycles. The second-order valence-corrected chi connectivity index (χ2v) is 3.83. The average molecular weight is 237 g/mol. The van der Waals surface area contributed by atoms with Crippen molar-refractivity contribution in [3.8, 4) is 16.7 Å². The number of nitrogens with zero attached hydrogens (tertiary/aromatic N) is 2. The zero-order valence-electron chi connectivity index (χ0n) is 8.93. The molecule has 0 unspecified atom stereocenters. The van der Waals surface area contributed by atoms with Gasteiger partial charge in [0.2, 0.25) is 0 Å². The van der Waals surface area contributed by atoms with E-state index in [0.717, 1.165) is 0 Å². The van der Waals surface area contributed by atoms with Crippen LogP contribution in [-0.4, -0.2) is 16.5 Å². The number of aryl methyl sites for hydroxylation is 1. The second kappa shape index (κ2) is 4.36. The van der Waals surface area contributed by atoms with Gasteiger partial charge in [-0.05, 0) is 19.1 Å². The van der Waals surface area contributed by atoms with E-state index in [1.165, 1.54) is 11.5 Å². The van der Waals surface area contributed by atoms with Gasteiger partial charge < -0.3 is 15.2 Å². The highest BCUT2D eigenvalue weighted by Crippen LogP contribution is 2.33. The maximum absolute atomic E-state index is 5.67. The molecule has 0 saturated carbocycles. The Morgan fingerprint density at radius 3 is 2.75 bits per heavy atom. The minimum atomic E-state index is 0.474. The van der Waals surface area contributed by atoms with Crippen molar-refractivity contribution in [2.45, 2.75) is 6.92 Å². The normalized spacial score (nSPS) is 10.1. The molecule has 0 bridgehead atoms. The Bertz CT molecular complexity index is 499. The maximum Gasteiger partial charge on any atom is 0.298 e. The van der Waals surface area contributed by atoms with Crippen LogP contribution in [0, 0.1) is 6.92 Å². The molecule has 2 aromatic rings. The van der Waals surface area contributed by atoms with Gasteiger partial charge in [-0.1, -0.05) is 0 Å². The number of methoxy groups -OCH3 is 1. The van der Waals surface area contributed by atoms with Gasteiger partial charge >= 0.3 is 0 Å². The molecule has 1 aromatic heterocycles. The molecule has 0 amide bonds. The predicted octanol–water partition coefficient (Wildman–Crippen LogP) is 2.23. The highest BCUT2D eigenvalue weighted by Gasteiger charge is 2.08. The van der Waals surface area contributed by atoms with Crippen LogP contribution in [0.15, 0.2) is 18.2 Å². The van der Waals surface area contributed by atoms with Gasteiger partial charge in [0.25, 0.3) is 5.19 Å². The Labute approximate surface area is 97.0 Å². The lowest BCUT2D eigenvalue weighted by Gasteiger charge is -2.07. The Morgan fingerprint density at radius 1 is 1.31 bits per heavy atom. The lowest BCUT2D eigenvalue weighted by Crippen LogP contribution is -1.92.